The van der Waals surface area contributed by atoms with E-state index in [0.29, 0.717) is 17.9 Å². The van der Waals surface area contributed by atoms with Crippen molar-refractivity contribution in [1.29, 1.82) is 0 Å². The first-order valence-corrected chi connectivity index (χ1v) is 11.4. The van der Waals surface area contributed by atoms with E-state index < -0.39 is 23.3 Å². The zero-order valence-electron chi connectivity index (χ0n) is 17.3. The number of nitrogens with zero attached hydrogens (tertiary/aromatic N) is 5. The summed E-state index contributed by atoms with van der Waals surface area (Å²) in [5, 5.41) is 15.5. The molecule has 0 aliphatic heterocycles. The third kappa shape index (κ3) is 4.70. The molecule has 4 aromatic rings. The number of amides is 1. The molecule has 0 aliphatic carbocycles. The number of pyridine rings is 1. The van der Waals surface area contributed by atoms with E-state index in [0.717, 1.165) is 10.4 Å². The van der Waals surface area contributed by atoms with Crippen LogP contribution in [0, 0.1) is 5.82 Å². The van der Waals surface area contributed by atoms with Crippen molar-refractivity contribution in [3.63, 3.8) is 0 Å². The van der Waals surface area contributed by atoms with Crippen LogP contribution in [0.25, 0.3) is 16.9 Å². The summed E-state index contributed by atoms with van der Waals surface area (Å²) in [5.41, 5.74) is 0.766. The van der Waals surface area contributed by atoms with Gasteiger partial charge in [0.15, 0.2) is 11.5 Å². The van der Waals surface area contributed by atoms with Crippen molar-refractivity contribution in [2.24, 2.45) is 0 Å². The monoisotopic (exact) mass is 452 g/mol. The Morgan fingerprint density at radius 3 is 2.75 bits per heavy atom. The Bertz CT molecular complexity index is 1300. The fraction of sp³-hybridized carbons (Fsp3) is 0.227. The number of fused-ring (bicyclic) bond motifs is 1. The molecule has 0 unspecified atom stereocenters. The van der Waals surface area contributed by atoms with Gasteiger partial charge in [0.1, 0.15) is 12.4 Å². The van der Waals surface area contributed by atoms with E-state index in [1.165, 1.54) is 18.2 Å². The lowest BCUT2D eigenvalue weighted by atomic mass is 10.1. The molecule has 0 saturated heterocycles. The number of hydrogen-bond donors (Lipinski definition) is 1. The normalized spacial score (nSPS) is 12.1. The summed E-state index contributed by atoms with van der Waals surface area (Å²) in [4.78, 5) is 25.1. The second kappa shape index (κ2) is 9.73. The lowest BCUT2D eigenvalue weighted by Crippen LogP contribution is -2.36. The first-order valence-electron chi connectivity index (χ1n) is 9.98. The summed E-state index contributed by atoms with van der Waals surface area (Å²) in [6.45, 7) is -0.298. The van der Waals surface area contributed by atoms with Gasteiger partial charge >= 0.3 is 0 Å². The van der Waals surface area contributed by atoms with Gasteiger partial charge in [-0.05, 0) is 48.8 Å². The van der Waals surface area contributed by atoms with Crippen molar-refractivity contribution in [3.05, 3.63) is 82.8 Å². The molecule has 3 aromatic heterocycles. The lowest BCUT2D eigenvalue weighted by Gasteiger charge is -2.17. The van der Waals surface area contributed by atoms with Crippen molar-refractivity contribution >= 4 is 23.3 Å². The zero-order chi connectivity index (χ0) is 22.5. The SMILES string of the molecule is CSCC[C@@H](NC(=O)Cn1nc(-c2ccccc2F)ccc1=O)c1nnc2ccccn12. The number of hydrogen-bond acceptors (Lipinski definition) is 6. The first kappa shape index (κ1) is 21.7. The maximum atomic E-state index is 14.1. The molecule has 1 atom stereocenters. The quantitative estimate of drug-likeness (QED) is 0.442. The lowest BCUT2D eigenvalue weighted by molar-refractivity contribution is -0.122. The van der Waals surface area contributed by atoms with Gasteiger partial charge in [-0.1, -0.05) is 18.2 Å². The number of carbonyl (C=O) groups excluding carboxylic acids is 1. The topological polar surface area (TPSA) is 94.2 Å². The minimum absolute atomic E-state index is 0.259. The first-order chi connectivity index (χ1) is 15.6. The summed E-state index contributed by atoms with van der Waals surface area (Å²) >= 11 is 1.66. The van der Waals surface area contributed by atoms with E-state index in [-0.39, 0.29) is 17.8 Å². The van der Waals surface area contributed by atoms with Crippen molar-refractivity contribution in [1.82, 2.24) is 29.7 Å². The number of rotatable bonds is 8. The van der Waals surface area contributed by atoms with Gasteiger partial charge in [-0.2, -0.15) is 16.9 Å². The van der Waals surface area contributed by atoms with Crippen molar-refractivity contribution in [2.75, 3.05) is 12.0 Å². The van der Waals surface area contributed by atoms with E-state index in [2.05, 4.69) is 20.6 Å². The van der Waals surface area contributed by atoms with Crippen molar-refractivity contribution in [2.45, 2.75) is 19.0 Å². The van der Waals surface area contributed by atoms with Crippen molar-refractivity contribution < 1.29 is 9.18 Å². The fourth-order valence-corrected chi connectivity index (χ4v) is 3.82. The highest BCUT2D eigenvalue weighted by Gasteiger charge is 2.21. The van der Waals surface area contributed by atoms with Crippen LogP contribution in [0.2, 0.25) is 0 Å². The summed E-state index contributed by atoms with van der Waals surface area (Å²) in [7, 11) is 0. The molecule has 1 N–H and O–H groups in total. The summed E-state index contributed by atoms with van der Waals surface area (Å²) < 4.78 is 17.0. The molecule has 3 heterocycles. The van der Waals surface area contributed by atoms with Gasteiger partial charge in [0.2, 0.25) is 5.91 Å². The molecule has 1 aromatic carbocycles. The standard InChI is InChI=1S/C22H21FN6O2S/c1-32-13-11-18(22-26-25-19-8-4-5-12-28(19)22)24-20(30)14-29-21(31)10-9-17(27-29)15-6-2-3-7-16(15)23/h2-10,12,18H,11,13-14H2,1H3,(H,24,30)/t18-/m1/s1. The van der Waals surface area contributed by atoms with Crippen LogP contribution in [0.15, 0.2) is 65.6 Å². The highest BCUT2D eigenvalue weighted by atomic mass is 32.2. The van der Waals surface area contributed by atoms with Gasteiger partial charge in [0, 0.05) is 17.8 Å². The van der Waals surface area contributed by atoms with Crippen LogP contribution in [0.3, 0.4) is 0 Å². The Kier molecular flexibility index (Phi) is 6.60. The maximum absolute atomic E-state index is 14.1. The highest BCUT2D eigenvalue weighted by Crippen LogP contribution is 2.20. The Labute approximate surface area is 187 Å². The second-order valence-corrected chi connectivity index (χ2v) is 8.07. The molecule has 0 radical (unpaired) electrons. The van der Waals surface area contributed by atoms with Gasteiger partial charge < -0.3 is 5.32 Å². The van der Waals surface area contributed by atoms with Crippen LogP contribution in [0.4, 0.5) is 4.39 Å². The van der Waals surface area contributed by atoms with Gasteiger partial charge in [0.25, 0.3) is 5.56 Å². The van der Waals surface area contributed by atoms with Crippen LogP contribution in [-0.4, -0.2) is 42.3 Å². The summed E-state index contributed by atoms with van der Waals surface area (Å²) in [5.74, 6) is 0.561. The molecule has 0 saturated carbocycles. The third-order valence-corrected chi connectivity index (χ3v) is 5.55. The summed E-state index contributed by atoms with van der Waals surface area (Å²) in [6, 6.07) is 14.0. The van der Waals surface area contributed by atoms with Gasteiger partial charge in [-0.15, -0.1) is 10.2 Å². The predicted molar refractivity (Wildman–Crippen MR) is 121 cm³/mol. The highest BCUT2D eigenvalue weighted by molar-refractivity contribution is 7.98. The number of halogens is 1. The van der Waals surface area contributed by atoms with E-state index in [1.54, 1.807) is 30.0 Å². The minimum Gasteiger partial charge on any atom is -0.344 e. The van der Waals surface area contributed by atoms with Crippen LogP contribution in [0.5, 0.6) is 0 Å². The van der Waals surface area contributed by atoms with E-state index in [4.69, 9.17) is 0 Å². The van der Waals surface area contributed by atoms with E-state index in [9.17, 15) is 14.0 Å². The Morgan fingerprint density at radius 1 is 1.12 bits per heavy atom. The number of aromatic nitrogens is 5. The smallest absolute Gasteiger partial charge is 0.267 e. The molecule has 0 bridgehead atoms. The van der Waals surface area contributed by atoms with Gasteiger partial charge in [-0.25, -0.2) is 9.07 Å². The zero-order valence-corrected chi connectivity index (χ0v) is 18.1. The number of carbonyl (C=O) groups is 1. The van der Waals surface area contributed by atoms with E-state index >= 15 is 0 Å². The molecule has 1 amide bonds. The van der Waals surface area contributed by atoms with Crippen LogP contribution in [-0.2, 0) is 11.3 Å². The Morgan fingerprint density at radius 2 is 1.94 bits per heavy atom. The summed E-state index contributed by atoms with van der Waals surface area (Å²) in [6.07, 6.45) is 4.46. The molecular formula is C22H21FN6O2S. The minimum atomic E-state index is -0.453. The molecule has 4 rings (SSSR count). The van der Waals surface area contributed by atoms with Crippen molar-refractivity contribution in [3.8, 4) is 11.3 Å². The molecule has 164 valence electrons. The average molecular weight is 453 g/mol. The Hall–Kier alpha value is -3.53. The van der Waals surface area contributed by atoms with E-state index in [1.807, 2.05) is 35.1 Å². The molecule has 0 aliphatic rings. The molecule has 8 nitrogen and oxygen atoms in total. The molecule has 0 spiro atoms. The largest absolute Gasteiger partial charge is 0.344 e. The second-order valence-electron chi connectivity index (χ2n) is 7.08. The fourth-order valence-electron chi connectivity index (χ4n) is 3.35. The predicted octanol–water partition coefficient (Wildman–Crippen LogP) is 2.70. The molecule has 10 heteroatoms. The average Bonchev–Trinajstić information content (AvgIpc) is 3.23. The van der Waals surface area contributed by atoms with Crippen LogP contribution in [0.1, 0.15) is 18.3 Å². The molecule has 0 fully saturated rings. The number of nitrogens with one attached hydrogen (secondary N) is 1. The number of thioether (sulfide) groups is 1. The Balaban J connectivity index is 1.57. The van der Waals surface area contributed by atoms with Gasteiger partial charge in [0.05, 0.1) is 11.7 Å². The third-order valence-electron chi connectivity index (χ3n) is 4.91. The van der Waals surface area contributed by atoms with Gasteiger partial charge in [-0.3, -0.25) is 14.0 Å². The maximum Gasteiger partial charge on any atom is 0.267 e. The van der Waals surface area contributed by atoms with Crippen LogP contribution >= 0.6 is 11.8 Å². The molecule has 32 heavy (non-hydrogen) atoms. The van der Waals surface area contributed by atoms with Crippen LogP contribution < -0.4 is 10.9 Å². The number of benzene rings is 1. The molecular weight excluding hydrogens is 431 g/mol.